The number of rotatable bonds is 2. The molecule has 0 aliphatic carbocycles. The molecule has 1 aromatic heterocycles. The van der Waals surface area contributed by atoms with Crippen LogP contribution >= 0.6 is 27.5 Å². The van der Waals surface area contributed by atoms with Crippen LogP contribution in [-0.4, -0.2) is 16.8 Å². The number of nitrogens with one attached hydrogen (secondary N) is 2. The van der Waals surface area contributed by atoms with E-state index < -0.39 is 0 Å². The lowest BCUT2D eigenvalue weighted by molar-refractivity contribution is -0.115. The minimum absolute atomic E-state index is 0.0841. The molecule has 0 saturated heterocycles. The summed E-state index contributed by atoms with van der Waals surface area (Å²) >= 11 is 9.38. The van der Waals surface area contributed by atoms with Crippen molar-refractivity contribution in [2.24, 2.45) is 0 Å². The molecular weight excluding hydrogens is 358 g/mol. The minimum atomic E-state index is -0.360. The van der Waals surface area contributed by atoms with Crippen LogP contribution in [-0.2, 0) is 11.2 Å². The zero-order valence-corrected chi connectivity index (χ0v) is 13.0. The van der Waals surface area contributed by atoms with Crippen LogP contribution < -0.4 is 10.6 Å². The number of fused-ring (bicyclic) bond motifs is 1. The fraction of sp³-hybridized carbons (Fsp3) is 0.0714. The van der Waals surface area contributed by atoms with Crippen LogP contribution in [0.1, 0.15) is 16.1 Å². The summed E-state index contributed by atoms with van der Waals surface area (Å²) in [5, 5.41) is 5.77. The number of pyridine rings is 1. The molecule has 1 aliphatic rings. The van der Waals surface area contributed by atoms with Crippen LogP contribution in [0.2, 0.25) is 5.02 Å². The predicted octanol–water partition coefficient (Wildman–Crippen LogP) is 3.24. The van der Waals surface area contributed by atoms with Gasteiger partial charge >= 0.3 is 0 Å². The summed E-state index contributed by atoms with van der Waals surface area (Å²) in [6.07, 6.45) is 1.83. The number of carbonyl (C=O) groups excluding carboxylic acids is 2. The molecule has 0 radical (unpaired) electrons. The third kappa shape index (κ3) is 2.91. The highest BCUT2D eigenvalue weighted by atomic mass is 79.9. The normalized spacial score (nSPS) is 12.8. The standard InChI is InChI=1S/C14H9BrClN3O2/c15-8-1-2-10(17-6-8)14(21)19-12-3-7-4-13(20)18-11(7)5-9(12)16/h1-3,5-6H,4H2,(H,18,20)(H,19,21). The van der Waals surface area contributed by atoms with Crippen LogP contribution in [0.4, 0.5) is 11.4 Å². The first-order valence-corrected chi connectivity index (χ1v) is 7.25. The Labute approximate surface area is 133 Å². The molecule has 1 aromatic carbocycles. The van der Waals surface area contributed by atoms with E-state index >= 15 is 0 Å². The number of carbonyl (C=O) groups is 2. The van der Waals surface area contributed by atoms with Crippen molar-refractivity contribution < 1.29 is 9.59 Å². The van der Waals surface area contributed by atoms with E-state index in [1.54, 1.807) is 30.5 Å². The Morgan fingerprint density at radius 1 is 1.38 bits per heavy atom. The van der Waals surface area contributed by atoms with Crippen molar-refractivity contribution in [3.8, 4) is 0 Å². The van der Waals surface area contributed by atoms with Gasteiger partial charge < -0.3 is 10.6 Å². The Bertz CT molecular complexity index is 747. The third-order valence-electron chi connectivity index (χ3n) is 3.03. The van der Waals surface area contributed by atoms with Gasteiger partial charge in [0.25, 0.3) is 5.91 Å². The van der Waals surface area contributed by atoms with Crippen molar-refractivity contribution in [2.45, 2.75) is 6.42 Å². The van der Waals surface area contributed by atoms with Gasteiger partial charge in [0.2, 0.25) is 5.91 Å². The molecule has 0 spiro atoms. The molecule has 5 nitrogen and oxygen atoms in total. The maximum Gasteiger partial charge on any atom is 0.274 e. The van der Waals surface area contributed by atoms with E-state index in [2.05, 4.69) is 31.5 Å². The summed E-state index contributed by atoms with van der Waals surface area (Å²) in [7, 11) is 0. The molecule has 0 unspecified atom stereocenters. The quantitative estimate of drug-likeness (QED) is 0.857. The van der Waals surface area contributed by atoms with Gasteiger partial charge in [0.1, 0.15) is 5.69 Å². The van der Waals surface area contributed by atoms with Gasteiger partial charge in [0.05, 0.1) is 17.1 Å². The topological polar surface area (TPSA) is 71.1 Å². The SMILES string of the molecule is O=C1Cc2cc(NC(=O)c3ccc(Br)cn3)c(Cl)cc2N1. The van der Waals surface area contributed by atoms with E-state index in [0.29, 0.717) is 16.4 Å². The van der Waals surface area contributed by atoms with Crippen molar-refractivity contribution in [3.05, 3.63) is 51.2 Å². The van der Waals surface area contributed by atoms with Gasteiger partial charge in [0, 0.05) is 16.4 Å². The lowest BCUT2D eigenvalue weighted by Gasteiger charge is -2.09. The largest absolute Gasteiger partial charge is 0.325 e. The van der Waals surface area contributed by atoms with E-state index in [1.165, 1.54) is 0 Å². The van der Waals surface area contributed by atoms with E-state index in [9.17, 15) is 9.59 Å². The molecule has 0 saturated carbocycles. The van der Waals surface area contributed by atoms with Gasteiger partial charge in [0.15, 0.2) is 0 Å². The van der Waals surface area contributed by atoms with Crippen LogP contribution in [0.15, 0.2) is 34.9 Å². The van der Waals surface area contributed by atoms with Crippen LogP contribution in [0, 0.1) is 0 Å². The minimum Gasteiger partial charge on any atom is -0.325 e. The molecule has 3 rings (SSSR count). The van der Waals surface area contributed by atoms with E-state index in [4.69, 9.17) is 11.6 Å². The van der Waals surface area contributed by atoms with Crippen LogP contribution in [0.5, 0.6) is 0 Å². The molecule has 106 valence electrons. The Morgan fingerprint density at radius 2 is 2.19 bits per heavy atom. The van der Waals surface area contributed by atoms with Crippen molar-refractivity contribution >= 4 is 50.7 Å². The van der Waals surface area contributed by atoms with Gasteiger partial charge in [-0.15, -0.1) is 0 Å². The van der Waals surface area contributed by atoms with Gasteiger partial charge in [-0.05, 0) is 45.8 Å². The highest BCUT2D eigenvalue weighted by molar-refractivity contribution is 9.10. The highest BCUT2D eigenvalue weighted by Gasteiger charge is 2.20. The maximum absolute atomic E-state index is 12.1. The molecule has 0 bridgehead atoms. The number of anilines is 2. The molecule has 2 N–H and O–H groups in total. The number of nitrogens with zero attached hydrogens (tertiary/aromatic N) is 1. The molecule has 2 aromatic rings. The van der Waals surface area contributed by atoms with Crippen molar-refractivity contribution in [3.63, 3.8) is 0 Å². The Hall–Kier alpha value is -1.92. The predicted molar refractivity (Wildman–Crippen MR) is 83.7 cm³/mol. The van der Waals surface area contributed by atoms with Gasteiger partial charge in [-0.2, -0.15) is 0 Å². The first kappa shape index (κ1) is 14.0. The lowest BCUT2D eigenvalue weighted by Crippen LogP contribution is -2.14. The average molecular weight is 367 g/mol. The number of benzene rings is 1. The molecule has 2 amide bonds. The molecule has 21 heavy (non-hydrogen) atoms. The first-order valence-electron chi connectivity index (χ1n) is 6.08. The summed E-state index contributed by atoms with van der Waals surface area (Å²) in [4.78, 5) is 27.5. The van der Waals surface area contributed by atoms with E-state index in [0.717, 1.165) is 10.0 Å². The average Bonchev–Trinajstić information content (AvgIpc) is 2.79. The second-order valence-electron chi connectivity index (χ2n) is 4.53. The number of amides is 2. The summed E-state index contributed by atoms with van der Waals surface area (Å²) in [5.74, 6) is -0.444. The molecule has 7 heteroatoms. The number of hydrogen-bond acceptors (Lipinski definition) is 3. The third-order valence-corrected chi connectivity index (χ3v) is 3.81. The van der Waals surface area contributed by atoms with E-state index in [-0.39, 0.29) is 23.9 Å². The molecule has 0 fully saturated rings. The second kappa shape index (κ2) is 5.46. The fourth-order valence-corrected chi connectivity index (χ4v) is 2.49. The Morgan fingerprint density at radius 3 is 2.90 bits per heavy atom. The number of hydrogen-bond donors (Lipinski definition) is 2. The molecular formula is C14H9BrClN3O2. The van der Waals surface area contributed by atoms with Gasteiger partial charge in [-0.1, -0.05) is 11.6 Å². The Kier molecular flexibility index (Phi) is 3.65. The summed E-state index contributed by atoms with van der Waals surface area (Å²) < 4.78 is 0.791. The number of aromatic nitrogens is 1. The smallest absolute Gasteiger partial charge is 0.274 e. The highest BCUT2D eigenvalue weighted by Crippen LogP contribution is 2.33. The van der Waals surface area contributed by atoms with Crippen molar-refractivity contribution in [2.75, 3.05) is 10.6 Å². The zero-order valence-electron chi connectivity index (χ0n) is 10.6. The fourth-order valence-electron chi connectivity index (χ4n) is 2.04. The number of halogens is 2. The summed E-state index contributed by atoms with van der Waals surface area (Å²) in [6.45, 7) is 0. The monoisotopic (exact) mass is 365 g/mol. The lowest BCUT2D eigenvalue weighted by atomic mass is 10.1. The summed E-state index contributed by atoms with van der Waals surface area (Å²) in [5.41, 5.74) is 2.24. The second-order valence-corrected chi connectivity index (χ2v) is 5.85. The first-order chi connectivity index (χ1) is 10.0. The van der Waals surface area contributed by atoms with Crippen LogP contribution in [0.25, 0.3) is 0 Å². The molecule has 1 aliphatic heterocycles. The van der Waals surface area contributed by atoms with Crippen LogP contribution in [0.3, 0.4) is 0 Å². The van der Waals surface area contributed by atoms with Gasteiger partial charge in [-0.3, -0.25) is 9.59 Å². The van der Waals surface area contributed by atoms with Crippen molar-refractivity contribution in [1.82, 2.24) is 4.98 Å². The zero-order chi connectivity index (χ0) is 15.0. The van der Waals surface area contributed by atoms with E-state index in [1.807, 2.05) is 0 Å². The maximum atomic E-state index is 12.1. The molecule has 2 heterocycles. The van der Waals surface area contributed by atoms with Crippen molar-refractivity contribution in [1.29, 1.82) is 0 Å². The Balaban J connectivity index is 1.85. The molecule has 0 atom stereocenters. The summed E-state index contributed by atoms with van der Waals surface area (Å²) in [6, 6.07) is 6.67. The van der Waals surface area contributed by atoms with Gasteiger partial charge in [-0.25, -0.2) is 4.98 Å².